The first-order chi connectivity index (χ1) is 16.1. The van der Waals surface area contributed by atoms with Gasteiger partial charge < -0.3 is 9.26 Å². The molecule has 8 heteroatoms. The molecule has 6 nitrogen and oxygen atoms in total. The van der Waals surface area contributed by atoms with E-state index in [1.54, 1.807) is 0 Å². The standard InChI is InChI=1S/C27H56N3O3PS/c1-21(2)29(22(3)4)34(30(23(5)6)24(7)8)33-20-32-18-19-35-25(31)14-17-28-26(9,10)15-13-16-27(28,11)12/h21-24H,13-20H2,1-12H3. The molecule has 0 aromatic rings. The quantitative estimate of drug-likeness (QED) is 0.126. The third-order valence-electron chi connectivity index (χ3n) is 6.83. The third-order valence-corrected chi connectivity index (χ3v) is 10.7. The van der Waals surface area contributed by atoms with Crippen molar-refractivity contribution in [3.05, 3.63) is 0 Å². The highest BCUT2D eigenvalue weighted by atomic mass is 32.2. The fourth-order valence-electron chi connectivity index (χ4n) is 5.52. The maximum absolute atomic E-state index is 12.6. The predicted molar refractivity (Wildman–Crippen MR) is 154 cm³/mol. The van der Waals surface area contributed by atoms with E-state index in [-0.39, 0.29) is 23.0 Å². The van der Waals surface area contributed by atoms with E-state index in [2.05, 4.69) is 97.3 Å². The van der Waals surface area contributed by atoms with Gasteiger partial charge in [0.25, 0.3) is 0 Å². The minimum Gasteiger partial charge on any atom is -0.354 e. The summed E-state index contributed by atoms with van der Waals surface area (Å²) >= 11 is 1.39. The summed E-state index contributed by atoms with van der Waals surface area (Å²) in [6.07, 6.45) is 4.25. The fraction of sp³-hybridized carbons (Fsp3) is 0.963. The van der Waals surface area contributed by atoms with Crippen LogP contribution in [0.15, 0.2) is 0 Å². The van der Waals surface area contributed by atoms with Gasteiger partial charge in [0.15, 0.2) is 20.4 Å². The minimum atomic E-state index is -0.948. The highest BCUT2D eigenvalue weighted by Gasteiger charge is 2.41. The first kappa shape index (κ1) is 33.3. The first-order valence-corrected chi connectivity index (χ1v) is 15.8. The lowest BCUT2D eigenvalue weighted by Gasteiger charge is -2.53. The zero-order valence-electron chi connectivity index (χ0n) is 24.9. The van der Waals surface area contributed by atoms with Gasteiger partial charge in [0, 0.05) is 54.0 Å². The van der Waals surface area contributed by atoms with Crippen molar-refractivity contribution < 1.29 is 14.1 Å². The topological polar surface area (TPSA) is 45.3 Å². The van der Waals surface area contributed by atoms with Gasteiger partial charge in [-0.2, -0.15) is 0 Å². The Hall–Kier alpha value is 0.250. The van der Waals surface area contributed by atoms with E-state index in [4.69, 9.17) is 9.26 Å². The first-order valence-electron chi connectivity index (χ1n) is 13.6. The van der Waals surface area contributed by atoms with E-state index in [0.29, 0.717) is 42.9 Å². The molecule has 1 saturated heterocycles. The van der Waals surface area contributed by atoms with Crippen LogP contribution in [0.4, 0.5) is 0 Å². The second kappa shape index (κ2) is 15.0. The average Bonchev–Trinajstić information content (AvgIpc) is 2.67. The number of hydrogen-bond donors (Lipinski definition) is 0. The Bertz CT molecular complexity index is 577. The van der Waals surface area contributed by atoms with E-state index in [1.807, 2.05) is 0 Å². The molecule has 0 saturated carbocycles. The van der Waals surface area contributed by atoms with E-state index >= 15 is 0 Å². The maximum atomic E-state index is 12.6. The van der Waals surface area contributed by atoms with Crippen molar-refractivity contribution in [1.29, 1.82) is 0 Å². The normalized spacial score (nSPS) is 18.8. The largest absolute Gasteiger partial charge is 0.354 e. The van der Waals surface area contributed by atoms with E-state index < -0.39 is 8.45 Å². The Kier molecular flexibility index (Phi) is 14.3. The SMILES string of the molecule is CC(C)N(C(C)C)P(OCOCCSC(=O)CCN1C(C)(C)CCCC1(C)C)N(C(C)C)C(C)C. The molecule has 0 atom stereocenters. The molecule has 0 unspecified atom stereocenters. The Morgan fingerprint density at radius 1 is 0.886 bits per heavy atom. The van der Waals surface area contributed by atoms with Gasteiger partial charge >= 0.3 is 0 Å². The van der Waals surface area contributed by atoms with Crippen molar-refractivity contribution in [2.75, 3.05) is 25.7 Å². The van der Waals surface area contributed by atoms with Gasteiger partial charge in [0.05, 0.1) is 6.61 Å². The molecule has 1 rings (SSSR count). The molecule has 35 heavy (non-hydrogen) atoms. The van der Waals surface area contributed by atoms with Crippen LogP contribution in [0.25, 0.3) is 0 Å². The summed E-state index contributed by atoms with van der Waals surface area (Å²) in [5, 5.41) is 0.255. The molecule has 0 aromatic heterocycles. The molecule has 0 N–H and O–H groups in total. The van der Waals surface area contributed by atoms with Crippen LogP contribution in [0.2, 0.25) is 0 Å². The Labute approximate surface area is 223 Å². The van der Waals surface area contributed by atoms with Gasteiger partial charge in [-0.15, -0.1) is 0 Å². The Morgan fingerprint density at radius 3 is 1.77 bits per heavy atom. The minimum absolute atomic E-state index is 0.158. The number of hydrogen-bond acceptors (Lipinski definition) is 7. The molecule has 0 bridgehead atoms. The highest BCUT2D eigenvalue weighted by Crippen LogP contribution is 2.50. The number of rotatable bonds is 15. The van der Waals surface area contributed by atoms with Gasteiger partial charge in [-0.3, -0.25) is 9.69 Å². The van der Waals surface area contributed by atoms with Crippen molar-refractivity contribution >= 4 is 25.3 Å². The smallest absolute Gasteiger partial charge is 0.191 e. The fourth-order valence-corrected chi connectivity index (χ4v) is 8.44. The summed E-state index contributed by atoms with van der Waals surface area (Å²) in [5.74, 6) is 0.670. The number of carbonyl (C=O) groups is 1. The number of carbonyl (C=O) groups excluding carboxylic acids is 1. The second-order valence-corrected chi connectivity index (χ2v) is 15.0. The molecular formula is C27H56N3O3PS. The lowest BCUT2D eigenvalue weighted by atomic mass is 9.80. The summed E-state index contributed by atoms with van der Waals surface area (Å²) in [4.78, 5) is 15.1. The molecule has 0 radical (unpaired) electrons. The van der Waals surface area contributed by atoms with Gasteiger partial charge in [0.2, 0.25) is 0 Å². The van der Waals surface area contributed by atoms with Crippen molar-refractivity contribution in [1.82, 2.24) is 14.2 Å². The second-order valence-electron chi connectivity index (χ2n) is 12.1. The summed E-state index contributed by atoms with van der Waals surface area (Å²) < 4.78 is 17.2. The van der Waals surface area contributed by atoms with Crippen LogP contribution in [0, 0.1) is 0 Å². The lowest BCUT2D eigenvalue weighted by Crippen LogP contribution is -2.58. The number of ether oxygens (including phenoxy) is 1. The highest BCUT2D eigenvalue weighted by molar-refractivity contribution is 8.13. The zero-order chi connectivity index (χ0) is 27.0. The lowest BCUT2D eigenvalue weighted by molar-refractivity contribution is -0.112. The summed E-state index contributed by atoms with van der Waals surface area (Å²) in [6, 6.07) is 1.52. The van der Waals surface area contributed by atoms with Crippen molar-refractivity contribution in [2.24, 2.45) is 0 Å². The van der Waals surface area contributed by atoms with Gasteiger partial charge in [-0.05, 0) is 102 Å². The van der Waals surface area contributed by atoms with E-state index in [1.165, 1.54) is 31.0 Å². The zero-order valence-corrected chi connectivity index (χ0v) is 26.6. The summed E-state index contributed by atoms with van der Waals surface area (Å²) in [7, 11) is -0.948. The van der Waals surface area contributed by atoms with Crippen LogP contribution in [-0.2, 0) is 14.1 Å². The predicted octanol–water partition coefficient (Wildman–Crippen LogP) is 7.13. The van der Waals surface area contributed by atoms with E-state index in [0.717, 1.165) is 6.54 Å². The van der Waals surface area contributed by atoms with Crippen LogP contribution in [0.5, 0.6) is 0 Å². The van der Waals surface area contributed by atoms with Gasteiger partial charge in [-0.1, -0.05) is 11.8 Å². The van der Waals surface area contributed by atoms with Crippen LogP contribution in [-0.4, -0.2) is 80.3 Å². The van der Waals surface area contributed by atoms with Gasteiger partial charge in [0.1, 0.15) is 0 Å². The average molecular weight is 534 g/mol. The molecule has 208 valence electrons. The third kappa shape index (κ3) is 10.5. The summed E-state index contributed by atoms with van der Waals surface area (Å²) in [6.45, 7) is 28.7. The van der Waals surface area contributed by atoms with Crippen LogP contribution >= 0.6 is 20.2 Å². The van der Waals surface area contributed by atoms with Crippen LogP contribution in [0.1, 0.15) is 109 Å². The molecule has 1 heterocycles. The Balaban J connectivity index is 2.51. The molecule has 1 aliphatic heterocycles. The van der Waals surface area contributed by atoms with Crippen molar-refractivity contribution in [3.63, 3.8) is 0 Å². The number of likely N-dealkylation sites (tertiary alicyclic amines) is 1. The maximum Gasteiger partial charge on any atom is 0.191 e. The molecule has 0 aromatic carbocycles. The number of piperidine rings is 1. The van der Waals surface area contributed by atoms with Crippen LogP contribution in [0.3, 0.4) is 0 Å². The molecule has 0 aliphatic carbocycles. The molecular weight excluding hydrogens is 477 g/mol. The monoisotopic (exact) mass is 533 g/mol. The Morgan fingerprint density at radius 2 is 1.34 bits per heavy atom. The van der Waals surface area contributed by atoms with Crippen molar-refractivity contribution in [2.45, 2.75) is 144 Å². The molecule has 1 aliphatic rings. The number of thioether (sulfide) groups is 1. The molecule has 0 spiro atoms. The molecule has 1 fully saturated rings. The van der Waals surface area contributed by atoms with E-state index in [9.17, 15) is 4.79 Å². The summed E-state index contributed by atoms with van der Waals surface area (Å²) in [5.41, 5.74) is 0.316. The number of nitrogens with zero attached hydrogens (tertiary/aromatic N) is 3. The van der Waals surface area contributed by atoms with Gasteiger partial charge in [-0.25, -0.2) is 9.34 Å². The molecule has 0 amide bonds. The van der Waals surface area contributed by atoms with Crippen LogP contribution < -0.4 is 0 Å². The van der Waals surface area contributed by atoms with Crippen molar-refractivity contribution in [3.8, 4) is 0 Å².